The maximum Gasteiger partial charge on any atom is 0.286 e. The second-order valence-corrected chi connectivity index (χ2v) is 9.44. The van der Waals surface area contributed by atoms with Crippen molar-refractivity contribution in [3.8, 4) is 17.3 Å². The van der Waals surface area contributed by atoms with Crippen LogP contribution in [0.2, 0.25) is 0 Å². The first-order valence-electron chi connectivity index (χ1n) is 10.9. The van der Waals surface area contributed by atoms with Crippen molar-refractivity contribution in [3.63, 3.8) is 0 Å². The number of ether oxygens (including phenoxy) is 1. The predicted molar refractivity (Wildman–Crippen MR) is 131 cm³/mol. The Hall–Kier alpha value is -4.37. The summed E-state index contributed by atoms with van der Waals surface area (Å²) in [5.41, 5.74) is 2.01. The average molecular weight is 487 g/mol. The van der Waals surface area contributed by atoms with Gasteiger partial charge < -0.3 is 14.5 Å². The van der Waals surface area contributed by atoms with Crippen LogP contribution in [0.3, 0.4) is 0 Å². The molecule has 0 aliphatic heterocycles. The van der Waals surface area contributed by atoms with Gasteiger partial charge in [-0.3, -0.25) is 0 Å². The third kappa shape index (κ3) is 5.10. The van der Waals surface area contributed by atoms with Gasteiger partial charge in [0.05, 0.1) is 11.2 Å². The number of hydrogen-bond acceptors (Lipinski definition) is 7. The first-order valence-corrected chi connectivity index (χ1v) is 12.3. The zero-order valence-electron chi connectivity index (χ0n) is 18.6. The zero-order valence-corrected chi connectivity index (χ0v) is 19.4. The molecule has 0 bridgehead atoms. The number of rotatable bonds is 9. The molecule has 5 aromatic rings. The molecule has 0 saturated heterocycles. The van der Waals surface area contributed by atoms with Crippen molar-refractivity contribution < 1.29 is 17.6 Å². The molecule has 9 heteroatoms. The van der Waals surface area contributed by atoms with Gasteiger partial charge in [-0.2, -0.15) is 13.4 Å². The van der Waals surface area contributed by atoms with Crippen LogP contribution >= 0.6 is 0 Å². The van der Waals surface area contributed by atoms with E-state index in [2.05, 4.69) is 15.4 Å². The molecule has 0 fully saturated rings. The molecular weight excluding hydrogens is 464 g/mol. The molecule has 1 N–H and O–H groups in total. The highest BCUT2D eigenvalue weighted by Crippen LogP contribution is 2.23. The summed E-state index contributed by atoms with van der Waals surface area (Å²) in [6.07, 6.45) is 1.48. The zero-order chi connectivity index (χ0) is 24.1. The highest BCUT2D eigenvalue weighted by molar-refractivity contribution is 7.90. The second-order valence-electron chi connectivity index (χ2n) is 7.67. The van der Waals surface area contributed by atoms with E-state index in [0.717, 1.165) is 21.0 Å². The molecule has 3 aromatic carbocycles. The normalized spacial score (nSPS) is 11.3. The second kappa shape index (κ2) is 9.86. The highest BCUT2D eigenvalue weighted by atomic mass is 32.2. The highest BCUT2D eigenvalue weighted by Gasteiger charge is 2.25. The number of benzene rings is 3. The molecule has 2 aromatic heterocycles. The Balaban J connectivity index is 1.34. The van der Waals surface area contributed by atoms with E-state index in [1.807, 2.05) is 54.6 Å². The molecular formula is C26H22N4O4S. The van der Waals surface area contributed by atoms with Gasteiger partial charge in [0.2, 0.25) is 11.8 Å². The lowest BCUT2D eigenvalue weighted by molar-refractivity contribution is 0.306. The Kier molecular flexibility index (Phi) is 6.32. The Morgan fingerprint density at radius 3 is 2.23 bits per heavy atom. The van der Waals surface area contributed by atoms with Crippen molar-refractivity contribution in [1.29, 1.82) is 0 Å². The molecule has 0 unspecified atom stereocenters. The molecule has 176 valence electrons. The summed E-state index contributed by atoms with van der Waals surface area (Å²) < 4.78 is 38.6. The van der Waals surface area contributed by atoms with Crippen molar-refractivity contribution in [1.82, 2.24) is 14.2 Å². The van der Waals surface area contributed by atoms with E-state index in [0.29, 0.717) is 18.9 Å². The summed E-state index contributed by atoms with van der Waals surface area (Å²) in [7, 11) is -3.97. The van der Waals surface area contributed by atoms with Crippen LogP contribution in [0.25, 0.3) is 11.6 Å². The lowest BCUT2D eigenvalue weighted by Crippen LogP contribution is -2.18. The van der Waals surface area contributed by atoms with Crippen molar-refractivity contribution in [2.75, 3.05) is 5.32 Å². The fourth-order valence-corrected chi connectivity index (χ4v) is 4.62. The van der Waals surface area contributed by atoms with E-state index in [9.17, 15) is 8.42 Å². The summed E-state index contributed by atoms with van der Waals surface area (Å²) in [6, 6.07) is 29.0. The summed E-state index contributed by atoms with van der Waals surface area (Å²) in [6.45, 7) is 0.813. The molecule has 0 radical (unpaired) electrons. The number of anilines is 1. The number of nitrogens with zero attached hydrogens (tertiary/aromatic N) is 3. The van der Waals surface area contributed by atoms with Gasteiger partial charge in [-0.05, 0) is 47.5 Å². The van der Waals surface area contributed by atoms with Crippen molar-refractivity contribution in [3.05, 3.63) is 114 Å². The Morgan fingerprint density at radius 1 is 0.829 bits per heavy atom. The van der Waals surface area contributed by atoms with Gasteiger partial charge in [0.1, 0.15) is 12.4 Å². The van der Waals surface area contributed by atoms with E-state index >= 15 is 0 Å². The van der Waals surface area contributed by atoms with Crippen LogP contribution in [0.1, 0.15) is 11.1 Å². The van der Waals surface area contributed by atoms with E-state index in [1.54, 1.807) is 30.3 Å². The van der Waals surface area contributed by atoms with Crippen LogP contribution in [0.5, 0.6) is 5.75 Å². The van der Waals surface area contributed by atoms with Crippen molar-refractivity contribution in [2.24, 2.45) is 0 Å². The molecule has 0 aliphatic rings. The lowest BCUT2D eigenvalue weighted by atomic mass is 10.2. The minimum Gasteiger partial charge on any atom is -0.489 e. The van der Waals surface area contributed by atoms with Gasteiger partial charge in [0.15, 0.2) is 5.76 Å². The minimum absolute atomic E-state index is 0.0876. The summed E-state index contributed by atoms with van der Waals surface area (Å²) in [5, 5.41) is 7.31. The molecule has 0 spiro atoms. The van der Waals surface area contributed by atoms with Crippen LogP contribution in [-0.2, 0) is 23.2 Å². The van der Waals surface area contributed by atoms with E-state index in [-0.39, 0.29) is 16.7 Å². The largest absolute Gasteiger partial charge is 0.489 e. The van der Waals surface area contributed by atoms with Crippen LogP contribution in [0, 0.1) is 0 Å². The maximum atomic E-state index is 13.3. The Bertz CT molecular complexity index is 1480. The Labute approximate surface area is 202 Å². The first kappa shape index (κ1) is 22.4. The third-order valence-electron chi connectivity index (χ3n) is 5.21. The van der Waals surface area contributed by atoms with Crippen LogP contribution in [0.15, 0.2) is 113 Å². The average Bonchev–Trinajstić information content (AvgIpc) is 3.59. The van der Waals surface area contributed by atoms with Gasteiger partial charge in [-0.25, -0.2) is 0 Å². The molecule has 8 nitrogen and oxygen atoms in total. The standard InChI is InChI=1S/C26H22N4O4S/c31-35(32,23-10-5-2-6-11-23)30-26(28-25(29-30)24-12-7-17-33-24)27-18-20-13-15-22(16-14-20)34-19-21-8-3-1-4-9-21/h1-17H,18-19H2,(H,27,28,29). The fourth-order valence-electron chi connectivity index (χ4n) is 3.40. The molecule has 0 aliphatic carbocycles. The van der Waals surface area contributed by atoms with Crippen molar-refractivity contribution in [2.45, 2.75) is 18.0 Å². The molecule has 5 rings (SSSR count). The monoisotopic (exact) mass is 486 g/mol. The van der Waals surface area contributed by atoms with E-state index in [1.165, 1.54) is 18.4 Å². The van der Waals surface area contributed by atoms with E-state index in [4.69, 9.17) is 9.15 Å². The molecule has 2 heterocycles. The predicted octanol–water partition coefficient (Wildman–Crippen LogP) is 4.97. The number of nitrogens with one attached hydrogen (secondary N) is 1. The smallest absolute Gasteiger partial charge is 0.286 e. The molecule has 0 saturated carbocycles. The van der Waals surface area contributed by atoms with E-state index < -0.39 is 10.0 Å². The fraction of sp³-hybridized carbons (Fsp3) is 0.0769. The van der Waals surface area contributed by atoms with Gasteiger partial charge in [0, 0.05) is 6.54 Å². The number of hydrogen-bond donors (Lipinski definition) is 1. The van der Waals surface area contributed by atoms with Gasteiger partial charge >= 0.3 is 0 Å². The molecule has 35 heavy (non-hydrogen) atoms. The maximum absolute atomic E-state index is 13.3. The summed E-state index contributed by atoms with van der Waals surface area (Å²) in [4.78, 5) is 4.49. The lowest BCUT2D eigenvalue weighted by Gasteiger charge is -2.10. The number of furan rings is 1. The van der Waals surface area contributed by atoms with Crippen molar-refractivity contribution >= 4 is 16.0 Å². The molecule has 0 amide bonds. The first-order chi connectivity index (χ1) is 17.1. The third-order valence-corrected chi connectivity index (χ3v) is 6.79. The number of aromatic nitrogens is 3. The summed E-state index contributed by atoms with van der Waals surface area (Å²) in [5.74, 6) is 1.37. The van der Waals surface area contributed by atoms with Gasteiger partial charge in [-0.15, -0.1) is 9.19 Å². The van der Waals surface area contributed by atoms with Gasteiger partial charge in [0.25, 0.3) is 10.0 Å². The van der Waals surface area contributed by atoms with Crippen LogP contribution in [-0.4, -0.2) is 22.6 Å². The van der Waals surface area contributed by atoms with Crippen LogP contribution < -0.4 is 10.1 Å². The molecule has 0 atom stereocenters. The van der Waals surface area contributed by atoms with Gasteiger partial charge in [-0.1, -0.05) is 60.7 Å². The quantitative estimate of drug-likeness (QED) is 0.314. The topological polar surface area (TPSA) is 99.2 Å². The SMILES string of the molecule is O=S(=O)(c1ccccc1)n1nc(-c2ccco2)nc1NCc1ccc(OCc2ccccc2)cc1. The Morgan fingerprint density at radius 2 is 1.54 bits per heavy atom. The minimum atomic E-state index is -3.97. The van der Waals surface area contributed by atoms with Crippen LogP contribution in [0.4, 0.5) is 5.95 Å². The summed E-state index contributed by atoms with van der Waals surface area (Å²) >= 11 is 0.